The van der Waals surface area contributed by atoms with Gasteiger partial charge in [-0.3, -0.25) is 19.6 Å². The summed E-state index contributed by atoms with van der Waals surface area (Å²) in [5.74, 6) is 0.149. The lowest BCUT2D eigenvalue weighted by Gasteiger charge is -2.39. The number of rotatable bonds is 3. The molecule has 6 nitrogen and oxygen atoms in total. The molecule has 4 heterocycles. The van der Waals surface area contributed by atoms with Gasteiger partial charge in [-0.1, -0.05) is 0 Å². The van der Waals surface area contributed by atoms with Crippen molar-refractivity contribution in [3.05, 3.63) is 60.2 Å². The standard InChI is InChI=1S/C20H22N4O2/c25-18(17-3-1-8-22-13-17)24-11-2-6-20(15-24)7-12-23(19(20)26)14-16-4-9-21-10-5-16/h1,3-5,8-10,13H,2,6-7,11-12,14-15H2. The number of carbonyl (C=O) groups excluding carboxylic acids is 2. The molecule has 2 aromatic heterocycles. The van der Waals surface area contributed by atoms with Crippen LogP contribution < -0.4 is 0 Å². The van der Waals surface area contributed by atoms with E-state index < -0.39 is 5.41 Å². The highest BCUT2D eigenvalue weighted by molar-refractivity contribution is 5.95. The highest BCUT2D eigenvalue weighted by Gasteiger charge is 2.49. The molecule has 26 heavy (non-hydrogen) atoms. The van der Waals surface area contributed by atoms with Gasteiger partial charge in [-0.05, 0) is 49.1 Å². The molecule has 0 aromatic carbocycles. The minimum absolute atomic E-state index is 0.0300. The summed E-state index contributed by atoms with van der Waals surface area (Å²) in [6, 6.07) is 7.43. The predicted octanol–water partition coefficient (Wildman–Crippen LogP) is 2.13. The minimum Gasteiger partial charge on any atom is -0.338 e. The Morgan fingerprint density at radius 3 is 2.69 bits per heavy atom. The number of aromatic nitrogens is 2. The van der Waals surface area contributed by atoms with Gasteiger partial charge in [0.05, 0.1) is 11.0 Å². The van der Waals surface area contributed by atoms with Crippen LogP contribution in [0.25, 0.3) is 0 Å². The van der Waals surface area contributed by atoms with Crippen molar-refractivity contribution in [2.24, 2.45) is 5.41 Å². The molecule has 2 saturated heterocycles. The molecule has 2 aliphatic heterocycles. The summed E-state index contributed by atoms with van der Waals surface area (Å²) in [5.41, 5.74) is 1.25. The Morgan fingerprint density at radius 2 is 1.92 bits per heavy atom. The second-order valence-corrected chi connectivity index (χ2v) is 7.18. The van der Waals surface area contributed by atoms with Crippen LogP contribution in [-0.4, -0.2) is 51.2 Å². The van der Waals surface area contributed by atoms with E-state index in [-0.39, 0.29) is 11.8 Å². The molecule has 0 N–H and O–H groups in total. The fourth-order valence-corrected chi connectivity index (χ4v) is 4.11. The van der Waals surface area contributed by atoms with Crippen molar-refractivity contribution in [3.63, 3.8) is 0 Å². The van der Waals surface area contributed by atoms with Crippen LogP contribution in [-0.2, 0) is 11.3 Å². The number of carbonyl (C=O) groups is 2. The third kappa shape index (κ3) is 3.07. The number of nitrogens with zero attached hydrogens (tertiary/aromatic N) is 4. The van der Waals surface area contributed by atoms with E-state index in [2.05, 4.69) is 9.97 Å². The van der Waals surface area contributed by atoms with Crippen LogP contribution in [0.4, 0.5) is 0 Å². The van der Waals surface area contributed by atoms with Gasteiger partial charge >= 0.3 is 0 Å². The van der Waals surface area contributed by atoms with Crippen molar-refractivity contribution < 1.29 is 9.59 Å². The second-order valence-electron chi connectivity index (χ2n) is 7.18. The molecular formula is C20H22N4O2. The summed E-state index contributed by atoms with van der Waals surface area (Å²) in [5, 5.41) is 0. The zero-order chi connectivity index (χ0) is 18.0. The average Bonchev–Trinajstić information content (AvgIpc) is 2.98. The SMILES string of the molecule is O=C(c1cccnc1)N1CCCC2(CCN(Cc3ccncc3)C2=O)C1. The Hall–Kier alpha value is -2.76. The van der Waals surface area contributed by atoms with Crippen molar-refractivity contribution in [3.8, 4) is 0 Å². The van der Waals surface area contributed by atoms with E-state index in [4.69, 9.17) is 0 Å². The van der Waals surface area contributed by atoms with E-state index in [0.717, 1.165) is 31.4 Å². The molecule has 2 fully saturated rings. The summed E-state index contributed by atoms with van der Waals surface area (Å²) in [6.07, 6.45) is 9.28. The number of piperidine rings is 1. The molecule has 4 rings (SSSR count). The number of hydrogen-bond acceptors (Lipinski definition) is 4. The van der Waals surface area contributed by atoms with Crippen LogP contribution in [0.5, 0.6) is 0 Å². The Bertz CT molecular complexity index is 796. The van der Waals surface area contributed by atoms with Crippen LogP contribution in [0.15, 0.2) is 49.1 Å². The van der Waals surface area contributed by atoms with Crippen molar-refractivity contribution in [1.29, 1.82) is 0 Å². The van der Waals surface area contributed by atoms with Gasteiger partial charge in [0.2, 0.25) is 5.91 Å². The van der Waals surface area contributed by atoms with Gasteiger partial charge in [0.15, 0.2) is 0 Å². The number of likely N-dealkylation sites (tertiary alicyclic amines) is 2. The first-order valence-corrected chi connectivity index (χ1v) is 9.06. The first-order valence-electron chi connectivity index (χ1n) is 9.06. The van der Waals surface area contributed by atoms with Crippen LogP contribution in [0.3, 0.4) is 0 Å². The largest absolute Gasteiger partial charge is 0.338 e. The molecule has 2 aromatic rings. The third-order valence-corrected chi connectivity index (χ3v) is 5.50. The predicted molar refractivity (Wildman–Crippen MR) is 96.1 cm³/mol. The van der Waals surface area contributed by atoms with Gasteiger partial charge in [0.1, 0.15) is 0 Å². The van der Waals surface area contributed by atoms with E-state index in [0.29, 0.717) is 25.2 Å². The average molecular weight is 350 g/mol. The molecule has 0 saturated carbocycles. The number of amides is 2. The normalized spacial score (nSPS) is 22.8. The molecule has 0 bridgehead atoms. The van der Waals surface area contributed by atoms with Crippen LogP contribution in [0.1, 0.15) is 35.2 Å². The zero-order valence-corrected chi connectivity index (χ0v) is 14.7. The van der Waals surface area contributed by atoms with Gasteiger partial charge in [-0.25, -0.2) is 0 Å². The molecule has 0 radical (unpaired) electrons. The smallest absolute Gasteiger partial charge is 0.255 e. The van der Waals surface area contributed by atoms with Crippen molar-refractivity contribution in [1.82, 2.24) is 19.8 Å². The number of hydrogen-bond donors (Lipinski definition) is 0. The van der Waals surface area contributed by atoms with E-state index in [1.54, 1.807) is 36.9 Å². The monoisotopic (exact) mass is 350 g/mol. The Morgan fingerprint density at radius 1 is 1.08 bits per heavy atom. The molecule has 1 spiro atoms. The lowest BCUT2D eigenvalue weighted by atomic mass is 9.78. The highest BCUT2D eigenvalue weighted by Crippen LogP contribution is 2.41. The fourth-order valence-electron chi connectivity index (χ4n) is 4.11. The van der Waals surface area contributed by atoms with E-state index in [1.807, 2.05) is 21.9 Å². The van der Waals surface area contributed by atoms with Gasteiger partial charge in [0.25, 0.3) is 5.91 Å². The Kier molecular flexibility index (Phi) is 4.41. The Labute approximate surface area is 152 Å². The topological polar surface area (TPSA) is 66.4 Å². The lowest BCUT2D eigenvalue weighted by molar-refractivity contribution is -0.138. The maximum absolute atomic E-state index is 13.2. The first-order chi connectivity index (χ1) is 12.7. The fraction of sp³-hybridized carbons (Fsp3) is 0.400. The highest BCUT2D eigenvalue weighted by atomic mass is 16.2. The van der Waals surface area contributed by atoms with Gasteiger partial charge in [0, 0.05) is 51.0 Å². The van der Waals surface area contributed by atoms with Crippen molar-refractivity contribution >= 4 is 11.8 Å². The molecule has 6 heteroatoms. The zero-order valence-electron chi connectivity index (χ0n) is 14.7. The van der Waals surface area contributed by atoms with Crippen molar-refractivity contribution in [2.75, 3.05) is 19.6 Å². The summed E-state index contributed by atoms with van der Waals surface area (Å²) >= 11 is 0. The summed E-state index contributed by atoms with van der Waals surface area (Å²) < 4.78 is 0. The van der Waals surface area contributed by atoms with E-state index >= 15 is 0 Å². The maximum Gasteiger partial charge on any atom is 0.255 e. The van der Waals surface area contributed by atoms with E-state index in [1.165, 1.54) is 0 Å². The van der Waals surface area contributed by atoms with Crippen LogP contribution in [0.2, 0.25) is 0 Å². The van der Waals surface area contributed by atoms with Gasteiger partial charge in [-0.2, -0.15) is 0 Å². The van der Waals surface area contributed by atoms with E-state index in [9.17, 15) is 9.59 Å². The molecule has 2 aliphatic rings. The molecule has 2 amide bonds. The first kappa shape index (κ1) is 16.7. The van der Waals surface area contributed by atoms with Gasteiger partial charge < -0.3 is 9.80 Å². The molecule has 1 unspecified atom stereocenters. The molecular weight excluding hydrogens is 328 g/mol. The molecule has 134 valence electrons. The minimum atomic E-state index is -0.427. The van der Waals surface area contributed by atoms with Crippen LogP contribution in [0, 0.1) is 5.41 Å². The third-order valence-electron chi connectivity index (χ3n) is 5.50. The molecule has 0 aliphatic carbocycles. The summed E-state index contributed by atoms with van der Waals surface area (Å²) in [4.78, 5) is 37.7. The lowest BCUT2D eigenvalue weighted by Crippen LogP contribution is -2.49. The van der Waals surface area contributed by atoms with Gasteiger partial charge in [-0.15, -0.1) is 0 Å². The number of pyridine rings is 2. The summed E-state index contributed by atoms with van der Waals surface area (Å²) in [6.45, 7) is 2.56. The van der Waals surface area contributed by atoms with Crippen molar-refractivity contribution in [2.45, 2.75) is 25.8 Å². The maximum atomic E-state index is 13.2. The second kappa shape index (κ2) is 6.86. The Balaban J connectivity index is 1.48. The summed E-state index contributed by atoms with van der Waals surface area (Å²) in [7, 11) is 0. The van der Waals surface area contributed by atoms with Crippen LogP contribution >= 0.6 is 0 Å². The molecule has 1 atom stereocenters. The quantitative estimate of drug-likeness (QED) is 0.851.